The fourth-order valence-electron chi connectivity index (χ4n) is 1.34. The highest BCUT2D eigenvalue weighted by atomic mass is 32.2. The second-order valence-corrected chi connectivity index (χ2v) is 4.27. The molecule has 1 aliphatic rings. The second-order valence-electron chi connectivity index (χ2n) is 3.19. The molecule has 13 heavy (non-hydrogen) atoms. The molecule has 0 spiro atoms. The molecule has 0 atom stereocenters. The average Bonchev–Trinajstić information content (AvgIpc) is 2.12. The predicted molar refractivity (Wildman–Crippen MR) is 57.1 cm³/mol. The number of aliphatic hydroxyl groups excluding tert-OH is 1. The van der Waals surface area contributed by atoms with Crippen LogP contribution in [0.15, 0.2) is 24.3 Å². The van der Waals surface area contributed by atoms with Crippen LogP contribution in [0.1, 0.15) is 5.56 Å². The van der Waals surface area contributed by atoms with Gasteiger partial charge in [0.05, 0.1) is 6.61 Å². The lowest BCUT2D eigenvalue weighted by atomic mass is 10.2. The molecule has 0 aromatic heterocycles. The Bertz CT molecular complexity index is 286. The summed E-state index contributed by atoms with van der Waals surface area (Å²) in [6.45, 7) is 0.114. The first-order valence-corrected chi connectivity index (χ1v) is 5.58. The highest BCUT2D eigenvalue weighted by Gasteiger charge is 2.18. The van der Waals surface area contributed by atoms with E-state index in [2.05, 4.69) is 5.32 Å². The smallest absolute Gasteiger partial charge is 0.0701 e. The van der Waals surface area contributed by atoms with Crippen molar-refractivity contribution in [3.05, 3.63) is 29.8 Å². The van der Waals surface area contributed by atoms with Crippen LogP contribution < -0.4 is 5.32 Å². The third kappa shape index (κ3) is 1.98. The van der Waals surface area contributed by atoms with Crippen molar-refractivity contribution >= 4 is 17.4 Å². The lowest BCUT2D eigenvalue weighted by Crippen LogP contribution is -2.33. The number of aliphatic hydroxyl groups is 1. The summed E-state index contributed by atoms with van der Waals surface area (Å²) in [5.74, 6) is 2.36. The maximum absolute atomic E-state index is 9.08. The molecular weight excluding hydrogens is 182 g/mol. The van der Waals surface area contributed by atoms with Crippen LogP contribution >= 0.6 is 11.8 Å². The van der Waals surface area contributed by atoms with E-state index in [-0.39, 0.29) is 6.61 Å². The molecule has 0 saturated carbocycles. The molecule has 1 heterocycles. The van der Waals surface area contributed by atoms with Crippen LogP contribution in [-0.4, -0.2) is 22.7 Å². The first-order valence-electron chi connectivity index (χ1n) is 4.43. The number of hydrogen-bond donors (Lipinski definition) is 2. The Morgan fingerprint density at radius 1 is 1.38 bits per heavy atom. The van der Waals surface area contributed by atoms with Gasteiger partial charge in [0.2, 0.25) is 0 Å². The van der Waals surface area contributed by atoms with Crippen LogP contribution in [0.4, 0.5) is 5.69 Å². The lowest BCUT2D eigenvalue weighted by Gasteiger charge is -2.27. The third-order valence-electron chi connectivity index (χ3n) is 2.19. The van der Waals surface area contributed by atoms with E-state index < -0.39 is 0 Å². The molecule has 2 N–H and O–H groups in total. The van der Waals surface area contributed by atoms with Gasteiger partial charge >= 0.3 is 0 Å². The minimum Gasteiger partial charge on any atom is -0.392 e. The van der Waals surface area contributed by atoms with Gasteiger partial charge in [-0.1, -0.05) is 18.2 Å². The molecule has 1 aromatic rings. The summed E-state index contributed by atoms with van der Waals surface area (Å²) in [5.41, 5.74) is 2.06. The van der Waals surface area contributed by atoms with Crippen LogP contribution in [0, 0.1) is 0 Å². The van der Waals surface area contributed by atoms with Crippen molar-refractivity contribution in [2.75, 3.05) is 16.8 Å². The first kappa shape index (κ1) is 8.91. The Kier molecular flexibility index (Phi) is 2.76. The molecular formula is C10H13NOS. The van der Waals surface area contributed by atoms with Crippen LogP contribution in [0.25, 0.3) is 0 Å². The largest absolute Gasteiger partial charge is 0.392 e. The maximum Gasteiger partial charge on any atom is 0.0701 e. The van der Waals surface area contributed by atoms with Crippen LogP contribution in [0.5, 0.6) is 0 Å². The van der Waals surface area contributed by atoms with Crippen molar-refractivity contribution in [3.8, 4) is 0 Å². The fourth-order valence-corrected chi connectivity index (χ4v) is 1.98. The zero-order valence-electron chi connectivity index (χ0n) is 7.36. The van der Waals surface area contributed by atoms with E-state index in [4.69, 9.17) is 5.11 Å². The van der Waals surface area contributed by atoms with E-state index in [1.54, 1.807) is 0 Å². The molecule has 0 bridgehead atoms. The average molecular weight is 195 g/mol. The van der Waals surface area contributed by atoms with Gasteiger partial charge in [-0.3, -0.25) is 0 Å². The number of para-hydroxylation sites is 1. The number of rotatable bonds is 3. The Morgan fingerprint density at radius 2 is 2.15 bits per heavy atom. The van der Waals surface area contributed by atoms with Crippen molar-refractivity contribution in [3.63, 3.8) is 0 Å². The molecule has 0 aliphatic carbocycles. The molecule has 0 amide bonds. The van der Waals surface area contributed by atoms with Gasteiger partial charge in [-0.2, -0.15) is 11.8 Å². The summed E-state index contributed by atoms with van der Waals surface area (Å²) < 4.78 is 0. The molecule has 2 nitrogen and oxygen atoms in total. The molecule has 1 aromatic carbocycles. The van der Waals surface area contributed by atoms with Gasteiger partial charge in [0.25, 0.3) is 0 Å². The van der Waals surface area contributed by atoms with E-state index in [0.717, 1.165) is 11.3 Å². The highest BCUT2D eigenvalue weighted by molar-refractivity contribution is 8.00. The van der Waals surface area contributed by atoms with Crippen LogP contribution in [0.2, 0.25) is 0 Å². The molecule has 1 fully saturated rings. The van der Waals surface area contributed by atoms with Gasteiger partial charge in [-0.15, -0.1) is 0 Å². The summed E-state index contributed by atoms with van der Waals surface area (Å²) in [6.07, 6.45) is 0. The molecule has 3 heteroatoms. The summed E-state index contributed by atoms with van der Waals surface area (Å²) in [5, 5.41) is 12.5. The van der Waals surface area contributed by atoms with Crippen LogP contribution in [-0.2, 0) is 6.61 Å². The number of thioether (sulfide) groups is 1. The zero-order valence-corrected chi connectivity index (χ0v) is 8.18. The van der Waals surface area contributed by atoms with E-state index in [1.807, 2.05) is 36.0 Å². The quantitative estimate of drug-likeness (QED) is 0.770. The number of hydrogen-bond acceptors (Lipinski definition) is 3. The van der Waals surface area contributed by atoms with E-state index >= 15 is 0 Å². The SMILES string of the molecule is OCc1ccccc1NC1CSC1. The van der Waals surface area contributed by atoms with Crippen molar-refractivity contribution in [1.29, 1.82) is 0 Å². The first-order chi connectivity index (χ1) is 6.40. The van der Waals surface area contributed by atoms with Gasteiger partial charge in [0.1, 0.15) is 0 Å². The molecule has 2 rings (SSSR count). The topological polar surface area (TPSA) is 32.3 Å². The third-order valence-corrected chi connectivity index (χ3v) is 3.46. The van der Waals surface area contributed by atoms with E-state index in [0.29, 0.717) is 6.04 Å². The molecule has 1 aliphatic heterocycles. The minimum atomic E-state index is 0.114. The van der Waals surface area contributed by atoms with Crippen molar-refractivity contribution in [2.45, 2.75) is 12.6 Å². The van der Waals surface area contributed by atoms with Crippen molar-refractivity contribution in [1.82, 2.24) is 0 Å². The predicted octanol–water partition coefficient (Wildman–Crippen LogP) is 1.71. The van der Waals surface area contributed by atoms with Gasteiger partial charge < -0.3 is 10.4 Å². The summed E-state index contributed by atoms with van der Waals surface area (Å²) in [6, 6.07) is 8.51. The standard InChI is InChI=1S/C10H13NOS/c12-5-8-3-1-2-4-10(8)11-9-6-13-7-9/h1-4,9,11-12H,5-7H2. The number of anilines is 1. The van der Waals surface area contributed by atoms with Crippen molar-refractivity contribution in [2.24, 2.45) is 0 Å². The summed E-state index contributed by atoms with van der Waals surface area (Å²) in [7, 11) is 0. The zero-order chi connectivity index (χ0) is 9.10. The van der Waals surface area contributed by atoms with Crippen LogP contribution in [0.3, 0.4) is 0 Å². The van der Waals surface area contributed by atoms with Gasteiger partial charge in [0.15, 0.2) is 0 Å². The monoisotopic (exact) mass is 195 g/mol. The number of nitrogens with one attached hydrogen (secondary N) is 1. The minimum absolute atomic E-state index is 0.114. The summed E-state index contributed by atoms with van der Waals surface area (Å²) >= 11 is 1.95. The Balaban J connectivity index is 2.08. The maximum atomic E-state index is 9.08. The Labute approximate surface area is 82.4 Å². The normalized spacial score (nSPS) is 16.7. The molecule has 1 saturated heterocycles. The fraction of sp³-hybridized carbons (Fsp3) is 0.400. The van der Waals surface area contributed by atoms with Gasteiger partial charge in [0, 0.05) is 28.8 Å². The summed E-state index contributed by atoms with van der Waals surface area (Å²) in [4.78, 5) is 0. The van der Waals surface area contributed by atoms with Gasteiger partial charge in [-0.25, -0.2) is 0 Å². The lowest BCUT2D eigenvalue weighted by molar-refractivity contribution is 0.282. The Hall–Kier alpha value is -0.670. The van der Waals surface area contributed by atoms with Crippen molar-refractivity contribution < 1.29 is 5.11 Å². The van der Waals surface area contributed by atoms with E-state index in [9.17, 15) is 0 Å². The molecule has 0 radical (unpaired) electrons. The number of benzene rings is 1. The molecule has 0 unspecified atom stereocenters. The van der Waals surface area contributed by atoms with Gasteiger partial charge in [-0.05, 0) is 6.07 Å². The highest BCUT2D eigenvalue weighted by Crippen LogP contribution is 2.23. The molecule has 70 valence electrons. The Morgan fingerprint density at radius 3 is 2.77 bits per heavy atom. The van der Waals surface area contributed by atoms with E-state index in [1.165, 1.54) is 11.5 Å². The second kappa shape index (κ2) is 4.03.